The van der Waals surface area contributed by atoms with Gasteiger partial charge in [-0.25, -0.2) is 17.2 Å². The smallest absolute Gasteiger partial charge is 0.264 e. The predicted molar refractivity (Wildman–Crippen MR) is 97.7 cm³/mol. The Bertz CT molecular complexity index is 996. The van der Waals surface area contributed by atoms with Gasteiger partial charge in [0.2, 0.25) is 5.91 Å². The molecule has 0 bridgehead atoms. The number of hydrogen-bond acceptors (Lipinski definition) is 3. The first-order valence-corrected chi connectivity index (χ1v) is 10.1. The topological polar surface area (TPSA) is 66.5 Å². The van der Waals surface area contributed by atoms with Gasteiger partial charge in [-0.2, -0.15) is 0 Å². The summed E-state index contributed by atoms with van der Waals surface area (Å²) in [4.78, 5) is 13.5. The molecule has 3 rings (SSSR count). The molecule has 0 spiro atoms. The minimum absolute atomic E-state index is 0.0918. The minimum atomic E-state index is -4.13. The van der Waals surface area contributed by atoms with Crippen LogP contribution in [0.1, 0.15) is 18.9 Å². The number of anilines is 2. The van der Waals surface area contributed by atoms with Crippen molar-refractivity contribution in [1.82, 2.24) is 0 Å². The van der Waals surface area contributed by atoms with Crippen LogP contribution in [-0.2, 0) is 21.2 Å². The largest absolute Gasteiger partial charge is 0.310 e. The van der Waals surface area contributed by atoms with E-state index >= 15 is 0 Å². The first-order chi connectivity index (χ1) is 12.2. The van der Waals surface area contributed by atoms with Crippen LogP contribution in [0.5, 0.6) is 0 Å². The van der Waals surface area contributed by atoms with Gasteiger partial charge in [0.1, 0.15) is 4.90 Å². The van der Waals surface area contributed by atoms with Crippen molar-refractivity contribution in [2.75, 3.05) is 16.2 Å². The molecule has 138 valence electrons. The number of hydrogen-bond donors (Lipinski definition) is 1. The Balaban J connectivity index is 2.08. The lowest BCUT2D eigenvalue weighted by Gasteiger charge is -2.20. The third-order valence-electron chi connectivity index (χ3n) is 4.06. The van der Waals surface area contributed by atoms with Gasteiger partial charge in [-0.05, 0) is 36.2 Å². The summed E-state index contributed by atoms with van der Waals surface area (Å²) in [6.45, 7) is 2.10. The summed E-state index contributed by atoms with van der Waals surface area (Å²) in [7, 11) is -4.13. The van der Waals surface area contributed by atoms with Crippen molar-refractivity contribution in [3.05, 3.63) is 52.0 Å². The number of sulfonamides is 1. The standard InChI is InChI=1S/C17H15BrF2N2O3S/c1-2-16(23)22-6-5-10-7-11(18)8-15(17(10)22)26(24,25)21-12-3-4-13(19)14(20)9-12/h3-4,7-9,21H,2,5-6H2,1H3. The quantitative estimate of drug-likeness (QED) is 0.778. The van der Waals surface area contributed by atoms with Gasteiger partial charge in [0.05, 0.1) is 11.4 Å². The second kappa shape index (κ2) is 6.96. The summed E-state index contributed by atoms with van der Waals surface area (Å²) in [5.74, 6) is -2.42. The molecule has 5 nitrogen and oxygen atoms in total. The van der Waals surface area contributed by atoms with Crippen molar-refractivity contribution in [3.8, 4) is 0 Å². The summed E-state index contributed by atoms with van der Waals surface area (Å²) >= 11 is 3.28. The highest BCUT2D eigenvalue weighted by Gasteiger charge is 2.32. The Morgan fingerprint density at radius 2 is 1.96 bits per heavy atom. The zero-order valence-corrected chi connectivity index (χ0v) is 16.1. The lowest BCUT2D eigenvalue weighted by molar-refractivity contribution is -0.118. The highest BCUT2D eigenvalue weighted by Crippen LogP contribution is 2.38. The molecule has 0 aliphatic carbocycles. The Labute approximate surface area is 158 Å². The molecule has 0 saturated heterocycles. The number of amides is 1. The van der Waals surface area contributed by atoms with Crippen LogP contribution in [0, 0.1) is 11.6 Å². The van der Waals surface area contributed by atoms with Crippen LogP contribution in [0.15, 0.2) is 39.7 Å². The van der Waals surface area contributed by atoms with E-state index in [1.807, 2.05) is 0 Å². The maximum absolute atomic E-state index is 13.4. The van der Waals surface area contributed by atoms with Gasteiger partial charge in [0, 0.05) is 23.5 Å². The van der Waals surface area contributed by atoms with E-state index in [2.05, 4.69) is 20.7 Å². The Morgan fingerprint density at radius 3 is 2.62 bits per heavy atom. The second-order valence-electron chi connectivity index (χ2n) is 5.79. The molecule has 0 aromatic heterocycles. The molecule has 2 aromatic rings. The number of carbonyl (C=O) groups is 1. The van der Waals surface area contributed by atoms with Crippen molar-refractivity contribution in [2.45, 2.75) is 24.7 Å². The molecule has 1 N–H and O–H groups in total. The molecule has 0 atom stereocenters. The summed E-state index contributed by atoms with van der Waals surface area (Å²) < 4.78 is 55.0. The van der Waals surface area contributed by atoms with Crippen LogP contribution in [-0.4, -0.2) is 20.9 Å². The maximum atomic E-state index is 13.4. The van der Waals surface area contributed by atoms with E-state index in [-0.39, 0.29) is 22.9 Å². The molecule has 1 aliphatic heterocycles. The molecular formula is C17H15BrF2N2O3S. The molecule has 1 amide bonds. The second-order valence-corrected chi connectivity index (χ2v) is 8.36. The molecule has 2 aromatic carbocycles. The highest BCUT2D eigenvalue weighted by molar-refractivity contribution is 9.10. The van der Waals surface area contributed by atoms with E-state index < -0.39 is 21.7 Å². The fourth-order valence-electron chi connectivity index (χ4n) is 2.88. The van der Waals surface area contributed by atoms with Crippen LogP contribution in [0.3, 0.4) is 0 Å². The Morgan fingerprint density at radius 1 is 1.23 bits per heavy atom. The molecule has 9 heteroatoms. The molecular weight excluding hydrogens is 430 g/mol. The van der Waals surface area contributed by atoms with E-state index in [1.54, 1.807) is 13.0 Å². The number of halogens is 3. The Kier molecular flexibility index (Phi) is 5.03. The zero-order chi connectivity index (χ0) is 19.1. The monoisotopic (exact) mass is 444 g/mol. The van der Waals surface area contributed by atoms with Gasteiger partial charge in [0.15, 0.2) is 11.6 Å². The summed E-state index contributed by atoms with van der Waals surface area (Å²) in [6.07, 6.45) is 0.778. The van der Waals surface area contributed by atoms with Gasteiger partial charge in [0.25, 0.3) is 10.0 Å². The SMILES string of the molecule is CCC(=O)N1CCc2cc(Br)cc(S(=O)(=O)Nc3ccc(F)c(F)c3)c21. The van der Waals surface area contributed by atoms with Crippen molar-refractivity contribution in [1.29, 1.82) is 0 Å². The molecule has 0 saturated carbocycles. The van der Waals surface area contributed by atoms with Crippen molar-refractivity contribution in [3.63, 3.8) is 0 Å². The summed E-state index contributed by atoms with van der Waals surface area (Å²) in [5.41, 5.74) is 0.950. The number of carbonyl (C=O) groups excluding carboxylic acids is 1. The number of rotatable bonds is 4. The zero-order valence-electron chi connectivity index (χ0n) is 13.7. The number of nitrogens with one attached hydrogen (secondary N) is 1. The van der Waals surface area contributed by atoms with E-state index in [4.69, 9.17) is 0 Å². The fraction of sp³-hybridized carbons (Fsp3) is 0.235. The number of nitrogens with zero attached hydrogens (tertiary/aromatic N) is 1. The number of fused-ring (bicyclic) bond motifs is 1. The average Bonchev–Trinajstić information content (AvgIpc) is 3.00. The molecule has 0 fully saturated rings. The molecule has 1 heterocycles. The first-order valence-electron chi connectivity index (χ1n) is 7.83. The van der Waals surface area contributed by atoms with Crippen LogP contribution in [0.2, 0.25) is 0 Å². The summed E-state index contributed by atoms with van der Waals surface area (Å²) in [6, 6.07) is 5.89. The molecule has 0 unspecified atom stereocenters. The normalized spacial score (nSPS) is 13.6. The van der Waals surface area contributed by atoms with Gasteiger partial charge in [-0.1, -0.05) is 22.9 Å². The van der Waals surface area contributed by atoms with Gasteiger partial charge in [-0.3, -0.25) is 9.52 Å². The fourth-order valence-corrected chi connectivity index (χ4v) is 4.87. The van der Waals surface area contributed by atoms with Crippen LogP contribution < -0.4 is 9.62 Å². The van der Waals surface area contributed by atoms with Gasteiger partial charge < -0.3 is 4.90 Å². The molecule has 26 heavy (non-hydrogen) atoms. The van der Waals surface area contributed by atoms with Crippen LogP contribution >= 0.6 is 15.9 Å². The van der Waals surface area contributed by atoms with Gasteiger partial charge in [-0.15, -0.1) is 0 Å². The number of benzene rings is 2. The van der Waals surface area contributed by atoms with Crippen LogP contribution in [0.4, 0.5) is 20.2 Å². The average molecular weight is 445 g/mol. The Hall–Kier alpha value is -2.00. The van der Waals surface area contributed by atoms with E-state index in [0.29, 0.717) is 23.1 Å². The van der Waals surface area contributed by atoms with Crippen molar-refractivity contribution in [2.24, 2.45) is 0 Å². The van der Waals surface area contributed by atoms with Gasteiger partial charge >= 0.3 is 0 Å². The molecule has 1 aliphatic rings. The van der Waals surface area contributed by atoms with Crippen molar-refractivity contribution < 1.29 is 22.0 Å². The highest BCUT2D eigenvalue weighted by atomic mass is 79.9. The first kappa shape index (κ1) is 18.8. The third-order valence-corrected chi connectivity index (χ3v) is 5.91. The van der Waals surface area contributed by atoms with Crippen molar-refractivity contribution >= 4 is 43.2 Å². The molecule has 0 radical (unpaired) electrons. The minimum Gasteiger partial charge on any atom is -0.310 e. The van der Waals surface area contributed by atoms with E-state index in [9.17, 15) is 22.0 Å². The predicted octanol–water partition coefficient (Wildman–Crippen LogP) is 3.83. The lowest BCUT2D eigenvalue weighted by Crippen LogP contribution is -2.29. The van der Waals surface area contributed by atoms with Crippen LogP contribution in [0.25, 0.3) is 0 Å². The summed E-state index contributed by atoms with van der Waals surface area (Å²) in [5, 5.41) is 0. The maximum Gasteiger partial charge on any atom is 0.264 e. The van der Waals surface area contributed by atoms with E-state index in [1.165, 1.54) is 11.0 Å². The van der Waals surface area contributed by atoms with E-state index in [0.717, 1.165) is 23.8 Å². The lowest BCUT2D eigenvalue weighted by atomic mass is 10.2. The third kappa shape index (κ3) is 3.45.